The molecule has 1 aliphatic rings. The van der Waals surface area contributed by atoms with Crippen molar-refractivity contribution in [1.82, 2.24) is 10.2 Å². The van der Waals surface area contributed by atoms with Gasteiger partial charge in [0.05, 0.1) is 0 Å². The molecular formula is C7H10F2N4O. The van der Waals surface area contributed by atoms with Crippen molar-refractivity contribution < 1.29 is 13.2 Å². The molecule has 1 unspecified atom stereocenters. The smallest absolute Gasteiger partial charge is 0.317 e. The lowest BCUT2D eigenvalue weighted by Gasteiger charge is -2.09. The maximum Gasteiger partial charge on any atom is 0.317 e. The summed E-state index contributed by atoms with van der Waals surface area (Å²) in [6.07, 6.45) is 0.0961. The van der Waals surface area contributed by atoms with Crippen LogP contribution in [0, 0.1) is 0 Å². The zero-order valence-corrected chi connectivity index (χ0v) is 7.33. The maximum atomic E-state index is 12.8. The number of aromatic nitrogens is 2. The van der Waals surface area contributed by atoms with Crippen LogP contribution in [0.4, 0.5) is 20.8 Å². The molecule has 3 N–H and O–H groups in total. The van der Waals surface area contributed by atoms with Gasteiger partial charge in [-0.3, -0.25) is 0 Å². The van der Waals surface area contributed by atoms with E-state index in [1.54, 1.807) is 0 Å². The van der Waals surface area contributed by atoms with Crippen molar-refractivity contribution in [2.45, 2.75) is 31.2 Å². The first-order valence-electron chi connectivity index (χ1n) is 4.28. The zero-order chi connectivity index (χ0) is 10.2. The summed E-state index contributed by atoms with van der Waals surface area (Å²) in [5.74, 6) is -2.58. The molecule has 1 atom stereocenters. The summed E-state index contributed by atoms with van der Waals surface area (Å²) in [7, 11) is 0. The third kappa shape index (κ3) is 1.91. The molecule has 0 amide bonds. The highest BCUT2D eigenvalue weighted by atomic mass is 19.3. The molecule has 1 heterocycles. The van der Waals surface area contributed by atoms with E-state index in [9.17, 15) is 8.78 Å². The van der Waals surface area contributed by atoms with Crippen molar-refractivity contribution in [3.63, 3.8) is 0 Å². The number of nitrogen functional groups attached to an aromatic ring is 1. The summed E-state index contributed by atoms with van der Waals surface area (Å²) in [6.45, 7) is 0. The minimum atomic E-state index is -2.58. The number of alkyl halides is 2. The highest BCUT2D eigenvalue weighted by Crippen LogP contribution is 2.36. The van der Waals surface area contributed by atoms with Gasteiger partial charge in [-0.05, 0) is 6.42 Å². The van der Waals surface area contributed by atoms with Crippen molar-refractivity contribution in [2.75, 3.05) is 11.1 Å². The Morgan fingerprint density at radius 3 is 2.79 bits per heavy atom. The third-order valence-electron chi connectivity index (χ3n) is 2.17. The number of hydrogen-bond acceptors (Lipinski definition) is 5. The van der Waals surface area contributed by atoms with Crippen LogP contribution in [0.3, 0.4) is 0 Å². The van der Waals surface area contributed by atoms with Crippen LogP contribution in [0.15, 0.2) is 4.42 Å². The number of rotatable bonds is 2. The van der Waals surface area contributed by atoms with E-state index >= 15 is 0 Å². The molecule has 0 aliphatic heterocycles. The van der Waals surface area contributed by atoms with Crippen LogP contribution in [0.5, 0.6) is 0 Å². The van der Waals surface area contributed by atoms with Gasteiger partial charge in [0.15, 0.2) is 0 Å². The molecule has 2 rings (SSSR count). The molecule has 1 saturated carbocycles. The van der Waals surface area contributed by atoms with Gasteiger partial charge in [0.1, 0.15) is 0 Å². The number of anilines is 2. The normalized spacial score (nSPS) is 25.1. The van der Waals surface area contributed by atoms with Gasteiger partial charge in [-0.1, -0.05) is 10.2 Å². The first-order valence-corrected chi connectivity index (χ1v) is 4.28. The van der Waals surface area contributed by atoms with Crippen LogP contribution < -0.4 is 11.1 Å². The molecule has 0 aromatic carbocycles. The number of nitrogens with one attached hydrogen (secondary N) is 1. The van der Waals surface area contributed by atoms with Crippen LogP contribution in [0.2, 0.25) is 0 Å². The number of hydrogen-bond donors (Lipinski definition) is 2. The molecule has 7 heteroatoms. The Hall–Kier alpha value is -1.40. The summed E-state index contributed by atoms with van der Waals surface area (Å²) in [5.41, 5.74) is 5.18. The quantitative estimate of drug-likeness (QED) is 0.758. The Labute approximate surface area is 78.7 Å². The summed E-state index contributed by atoms with van der Waals surface area (Å²) >= 11 is 0. The third-order valence-corrected chi connectivity index (χ3v) is 2.17. The van der Waals surface area contributed by atoms with Gasteiger partial charge in [-0.2, -0.15) is 0 Å². The number of nitrogens with zero attached hydrogens (tertiary/aromatic N) is 2. The van der Waals surface area contributed by atoms with Crippen LogP contribution in [-0.4, -0.2) is 22.2 Å². The van der Waals surface area contributed by atoms with Crippen molar-refractivity contribution in [2.24, 2.45) is 0 Å². The second kappa shape index (κ2) is 3.07. The Kier molecular flexibility index (Phi) is 2.01. The van der Waals surface area contributed by atoms with Crippen LogP contribution in [0.25, 0.3) is 0 Å². The predicted octanol–water partition coefficient (Wildman–Crippen LogP) is 1.25. The van der Waals surface area contributed by atoms with Gasteiger partial charge < -0.3 is 15.5 Å². The molecule has 78 valence electrons. The van der Waals surface area contributed by atoms with Gasteiger partial charge in [-0.25, -0.2) is 8.78 Å². The van der Waals surface area contributed by atoms with E-state index in [0.29, 0.717) is 6.42 Å². The van der Waals surface area contributed by atoms with Crippen molar-refractivity contribution in [1.29, 1.82) is 0 Å². The summed E-state index contributed by atoms with van der Waals surface area (Å²) in [6, 6.07) is -0.285. The van der Waals surface area contributed by atoms with Gasteiger partial charge in [-0.15, -0.1) is 0 Å². The van der Waals surface area contributed by atoms with Gasteiger partial charge in [0.2, 0.25) is 5.92 Å². The highest BCUT2D eigenvalue weighted by molar-refractivity contribution is 5.24. The van der Waals surface area contributed by atoms with E-state index in [1.165, 1.54) is 0 Å². The lowest BCUT2D eigenvalue weighted by molar-refractivity contribution is 0.00848. The van der Waals surface area contributed by atoms with Gasteiger partial charge in [0, 0.05) is 18.9 Å². The molecule has 1 aromatic heterocycles. The maximum absolute atomic E-state index is 12.8. The second-order valence-corrected chi connectivity index (χ2v) is 3.39. The molecule has 0 bridgehead atoms. The summed E-state index contributed by atoms with van der Waals surface area (Å²) in [4.78, 5) is 0. The largest absolute Gasteiger partial charge is 0.390 e. The monoisotopic (exact) mass is 204 g/mol. The predicted molar refractivity (Wildman–Crippen MR) is 44.9 cm³/mol. The van der Waals surface area contributed by atoms with E-state index in [2.05, 4.69) is 15.5 Å². The molecule has 1 aliphatic carbocycles. The molecule has 1 aromatic rings. The molecule has 1 fully saturated rings. The zero-order valence-electron chi connectivity index (χ0n) is 7.33. The van der Waals surface area contributed by atoms with Crippen LogP contribution >= 0.6 is 0 Å². The minimum absolute atomic E-state index is 0.0720. The standard InChI is InChI=1S/C7H10F2N4O/c8-7(9)2-1-4(3-7)11-6-13-12-5(10)14-6/h4H,1-3H2,(H2,10,12)(H,11,13). The topological polar surface area (TPSA) is 77.0 Å². The van der Waals surface area contributed by atoms with Gasteiger partial charge >= 0.3 is 12.0 Å². The Morgan fingerprint density at radius 2 is 2.29 bits per heavy atom. The fraction of sp³-hybridized carbons (Fsp3) is 0.714. The molecule has 0 radical (unpaired) electrons. The molecule has 14 heavy (non-hydrogen) atoms. The summed E-state index contributed by atoms with van der Waals surface area (Å²) in [5, 5.41) is 9.65. The molecule has 0 spiro atoms. The Balaban J connectivity index is 1.94. The SMILES string of the molecule is Nc1nnc(NC2CCC(F)(F)C2)o1. The highest BCUT2D eigenvalue weighted by Gasteiger charge is 2.39. The summed E-state index contributed by atoms with van der Waals surface area (Å²) < 4.78 is 30.4. The van der Waals surface area contributed by atoms with Crippen molar-refractivity contribution in [3.05, 3.63) is 0 Å². The molecule has 0 saturated heterocycles. The fourth-order valence-corrected chi connectivity index (χ4v) is 1.54. The van der Waals surface area contributed by atoms with E-state index in [0.717, 1.165) is 0 Å². The minimum Gasteiger partial charge on any atom is -0.390 e. The van der Waals surface area contributed by atoms with Crippen molar-refractivity contribution in [3.8, 4) is 0 Å². The van der Waals surface area contributed by atoms with Crippen LogP contribution in [0.1, 0.15) is 19.3 Å². The van der Waals surface area contributed by atoms with E-state index in [-0.39, 0.29) is 30.9 Å². The Morgan fingerprint density at radius 1 is 1.50 bits per heavy atom. The van der Waals surface area contributed by atoms with Crippen LogP contribution in [-0.2, 0) is 0 Å². The average Bonchev–Trinajstić information content (AvgIpc) is 2.59. The number of nitrogens with two attached hydrogens (primary N) is 1. The average molecular weight is 204 g/mol. The second-order valence-electron chi connectivity index (χ2n) is 3.39. The lowest BCUT2D eigenvalue weighted by Crippen LogP contribution is -2.19. The van der Waals surface area contributed by atoms with E-state index in [4.69, 9.17) is 10.2 Å². The lowest BCUT2D eigenvalue weighted by atomic mass is 10.2. The van der Waals surface area contributed by atoms with E-state index in [1.807, 2.05) is 0 Å². The number of halogens is 2. The Bertz CT molecular complexity index is 327. The van der Waals surface area contributed by atoms with Crippen molar-refractivity contribution >= 4 is 12.0 Å². The van der Waals surface area contributed by atoms with Gasteiger partial charge in [0.25, 0.3) is 0 Å². The molecular weight excluding hydrogens is 194 g/mol. The first kappa shape index (κ1) is 9.17. The first-order chi connectivity index (χ1) is 6.55. The molecule has 5 nitrogen and oxygen atoms in total. The fourth-order valence-electron chi connectivity index (χ4n) is 1.54. The van der Waals surface area contributed by atoms with E-state index < -0.39 is 5.92 Å².